The highest BCUT2D eigenvalue weighted by Gasteiger charge is 2.15. The Labute approximate surface area is 95.2 Å². The molecule has 2 rings (SSSR count). The van der Waals surface area contributed by atoms with Crippen LogP contribution in [0.2, 0.25) is 5.15 Å². The van der Waals surface area contributed by atoms with Gasteiger partial charge in [0.1, 0.15) is 5.15 Å². The normalized spacial score (nSPS) is 20.5. The zero-order valence-corrected chi connectivity index (χ0v) is 9.64. The molecular formula is C11H16ClN3. The van der Waals surface area contributed by atoms with Gasteiger partial charge in [0.05, 0.1) is 0 Å². The van der Waals surface area contributed by atoms with E-state index in [-0.39, 0.29) is 0 Å². The van der Waals surface area contributed by atoms with Crippen molar-refractivity contribution in [1.82, 2.24) is 10.3 Å². The molecule has 0 amide bonds. The first-order chi connectivity index (χ1) is 7.29. The molecule has 1 aliphatic heterocycles. The summed E-state index contributed by atoms with van der Waals surface area (Å²) in [6.07, 6.45) is 4.00. The van der Waals surface area contributed by atoms with Crippen LogP contribution >= 0.6 is 11.6 Å². The third kappa shape index (κ3) is 2.61. The van der Waals surface area contributed by atoms with Crippen LogP contribution in [0.3, 0.4) is 0 Å². The molecule has 2 N–H and O–H groups in total. The van der Waals surface area contributed by atoms with Crippen molar-refractivity contribution in [1.29, 1.82) is 0 Å². The molecule has 1 aromatic heterocycles. The number of halogens is 1. The number of hydrogen-bond acceptors (Lipinski definition) is 3. The minimum atomic E-state index is 0.522. The van der Waals surface area contributed by atoms with Gasteiger partial charge in [0.2, 0.25) is 0 Å². The monoisotopic (exact) mass is 225 g/mol. The SMILES string of the molecule is CCc1cnc(Cl)cc1N[C@@H]1CCNC1. The molecule has 3 nitrogen and oxygen atoms in total. The average molecular weight is 226 g/mol. The highest BCUT2D eigenvalue weighted by atomic mass is 35.5. The van der Waals surface area contributed by atoms with Gasteiger partial charge in [0, 0.05) is 24.5 Å². The molecule has 1 saturated heterocycles. The van der Waals surface area contributed by atoms with Gasteiger partial charge in [-0.25, -0.2) is 4.98 Å². The minimum Gasteiger partial charge on any atom is -0.381 e. The number of aromatic nitrogens is 1. The molecule has 0 aromatic carbocycles. The van der Waals surface area contributed by atoms with Gasteiger partial charge in [-0.1, -0.05) is 18.5 Å². The van der Waals surface area contributed by atoms with Crippen LogP contribution in [-0.2, 0) is 6.42 Å². The van der Waals surface area contributed by atoms with E-state index in [1.54, 1.807) is 0 Å². The van der Waals surface area contributed by atoms with Gasteiger partial charge in [-0.05, 0) is 31.0 Å². The fraction of sp³-hybridized carbons (Fsp3) is 0.545. The predicted octanol–water partition coefficient (Wildman–Crippen LogP) is 2.07. The Kier molecular flexibility index (Phi) is 3.44. The average Bonchev–Trinajstić information content (AvgIpc) is 2.71. The number of aryl methyl sites for hydroxylation is 1. The number of anilines is 1. The van der Waals surface area contributed by atoms with E-state index in [9.17, 15) is 0 Å². The summed E-state index contributed by atoms with van der Waals surface area (Å²) in [4.78, 5) is 4.09. The standard InChI is InChI=1S/C11H16ClN3/c1-2-8-6-14-11(12)5-10(8)15-9-3-4-13-7-9/h5-6,9,13H,2-4,7H2,1H3,(H,14,15)/t9-/m1/s1. The van der Waals surface area contributed by atoms with Gasteiger partial charge in [-0.2, -0.15) is 0 Å². The van der Waals surface area contributed by atoms with Gasteiger partial charge in [-0.3, -0.25) is 0 Å². The third-order valence-corrected chi connectivity index (χ3v) is 2.96. The molecule has 1 fully saturated rings. The molecule has 0 radical (unpaired) electrons. The molecule has 0 bridgehead atoms. The van der Waals surface area contributed by atoms with Crippen LogP contribution in [0.4, 0.5) is 5.69 Å². The quantitative estimate of drug-likeness (QED) is 0.774. The zero-order valence-electron chi connectivity index (χ0n) is 8.89. The van der Waals surface area contributed by atoms with Crippen molar-refractivity contribution in [3.8, 4) is 0 Å². The number of nitrogens with one attached hydrogen (secondary N) is 2. The molecule has 2 heterocycles. The summed E-state index contributed by atoms with van der Waals surface area (Å²) in [5, 5.41) is 7.40. The van der Waals surface area contributed by atoms with Crippen molar-refractivity contribution in [2.75, 3.05) is 18.4 Å². The molecule has 1 aromatic rings. The molecule has 82 valence electrons. The predicted molar refractivity (Wildman–Crippen MR) is 63.5 cm³/mol. The van der Waals surface area contributed by atoms with Crippen molar-refractivity contribution in [3.63, 3.8) is 0 Å². The van der Waals surface area contributed by atoms with E-state index in [2.05, 4.69) is 22.5 Å². The zero-order chi connectivity index (χ0) is 10.7. The lowest BCUT2D eigenvalue weighted by Crippen LogP contribution is -2.22. The molecular weight excluding hydrogens is 210 g/mol. The summed E-state index contributed by atoms with van der Waals surface area (Å²) in [6, 6.07) is 2.44. The topological polar surface area (TPSA) is 37.0 Å². The van der Waals surface area contributed by atoms with E-state index in [0.29, 0.717) is 11.2 Å². The number of nitrogens with zero attached hydrogens (tertiary/aromatic N) is 1. The maximum absolute atomic E-state index is 5.89. The first kappa shape index (κ1) is 10.7. The fourth-order valence-electron chi connectivity index (χ4n) is 1.87. The molecule has 4 heteroatoms. The van der Waals surface area contributed by atoms with Crippen molar-refractivity contribution in [3.05, 3.63) is 23.0 Å². The van der Waals surface area contributed by atoms with Gasteiger partial charge < -0.3 is 10.6 Å². The van der Waals surface area contributed by atoms with E-state index in [1.165, 1.54) is 12.0 Å². The molecule has 0 spiro atoms. The van der Waals surface area contributed by atoms with Crippen LogP contribution in [0.5, 0.6) is 0 Å². The second-order valence-electron chi connectivity index (χ2n) is 3.85. The maximum Gasteiger partial charge on any atom is 0.131 e. The molecule has 0 saturated carbocycles. The van der Waals surface area contributed by atoms with Crippen molar-refractivity contribution >= 4 is 17.3 Å². The highest BCUT2D eigenvalue weighted by Crippen LogP contribution is 2.21. The van der Waals surface area contributed by atoms with Gasteiger partial charge in [0.25, 0.3) is 0 Å². The summed E-state index contributed by atoms with van der Waals surface area (Å²) in [7, 11) is 0. The third-order valence-electron chi connectivity index (χ3n) is 2.75. The van der Waals surface area contributed by atoms with E-state index in [4.69, 9.17) is 11.6 Å². The lowest BCUT2D eigenvalue weighted by molar-refractivity contribution is 0.790. The Hall–Kier alpha value is -0.800. The second-order valence-corrected chi connectivity index (χ2v) is 4.24. The van der Waals surface area contributed by atoms with Crippen LogP contribution in [-0.4, -0.2) is 24.1 Å². The van der Waals surface area contributed by atoms with Crippen LogP contribution < -0.4 is 10.6 Å². The summed E-state index contributed by atoms with van der Waals surface area (Å²) >= 11 is 5.89. The van der Waals surface area contributed by atoms with Crippen molar-refractivity contribution in [2.45, 2.75) is 25.8 Å². The molecule has 15 heavy (non-hydrogen) atoms. The molecule has 1 atom stereocenters. The highest BCUT2D eigenvalue weighted by molar-refractivity contribution is 6.29. The van der Waals surface area contributed by atoms with Gasteiger partial charge in [0.15, 0.2) is 0 Å². The summed E-state index contributed by atoms with van der Waals surface area (Å²) in [5.41, 5.74) is 2.36. The Balaban J connectivity index is 2.14. The van der Waals surface area contributed by atoms with Crippen molar-refractivity contribution in [2.24, 2.45) is 0 Å². The second kappa shape index (κ2) is 4.81. The smallest absolute Gasteiger partial charge is 0.131 e. The fourth-order valence-corrected chi connectivity index (χ4v) is 2.03. The van der Waals surface area contributed by atoms with Crippen LogP contribution in [0, 0.1) is 0 Å². The van der Waals surface area contributed by atoms with E-state index < -0.39 is 0 Å². The number of hydrogen-bond donors (Lipinski definition) is 2. The lowest BCUT2D eigenvalue weighted by atomic mass is 10.1. The Morgan fingerprint density at radius 3 is 3.20 bits per heavy atom. The first-order valence-corrected chi connectivity index (χ1v) is 5.79. The largest absolute Gasteiger partial charge is 0.381 e. The first-order valence-electron chi connectivity index (χ1n) is 5.41. The number of pyridine rings is 1. The summed E-state index contributed by atoms with van der Waals surface area (Å²) in [6.45, 7) is 4.25. The summed E-state index contributed by atoms with van der Waals surface area (Å²) < 4.78 is 0. The molecule has 0 aliphatic carbocycles. The van der Waals surface area contributed by atoms with Crippen LogP contribution in [0.15, 0.2) is 12.3 Å². The van der Waals surface area contributed by atoms with E-state index in [0.717, 1.165) is 25.2 Å². The Morgan fingerprint density at radius 2 is 2.53 bits per heavy atom. The van der Waals surface area contributed by atoms with E-state index in [1.807, 2.05) is 12.3 Å². The maximum atomic E-state index is 5.89. The van der Waals surface area contributed by atoms with Crippen LogP contribution in [0.1, 0.15) is 18.9 Å². The van der Waals surface area contributed by atoms with Crippen LogP contribution in [0.25, 0.3) is 0 Å². The molecule has 0 unspecified atom stereocenters. The van der Waals surface area contributed by atoms with Gasteiger partial charge >= 0.3 is 0 Å². The van der Waals surface area contributed by atoms with E-state index >= 15 is 0 Å². The van der Waals surface area contributed by atoms with Gasteiger partial charge in [-0.15, -0.1) is 0 Å². The summed E-state index contributed by atoms with van der Waals surface area (Å²) in [5.74, 6) is 0. The minimum absolute atomic E-state index is 0.522. The molecule has 1 aliphatic rings. The number of rotatable bonds is 3. The Morgan fingerprint density at radius 1 is 1.67 bits per heavy atom. The van der Waals surface area contributed by atoms with Crippen molar-refractivity contribution < 1.29 is 0 Å². The lowest BCUT2D eigenvalue weighted by Gasteiger charge is -2.15. The Bertz CT molecular complexity index is 335.